The number of likely N-dealkylation sites (tertiary alicyclic amines) is 1. The molecule has 0 radical (unpaired) electrons. The van der Waals surface area contributed by atoms with Crippen LogP contribution in [0.25, 0.3) is 11.3 Å². The van der Waals surface area contributed by atoms with Crippen molar-refractivity contribution < 1.29 is 4.79 Å². The van der Waals surface area contributed by atoms with Gasteiger partial charge in [0.05, 0.1) is 10.6 Å². The van der Waals surface area contributed by atoms with Crippen LogP contribution in [-0.2, 0) is 6.54 Å². The van der Waals surface area contributed by atoms with E-state index in [9.17, 15) is 9.59 Å². The third-order valence-electron chi connectivity index (χ3n) is 5.12. The number of carbonyl (C=O) groups excluding carboxylic acids is 1. The van der Waals surface area contributed by atoms with Crippen LogP contribution in [0, 0.1) is 12.8 Å². The van der Waals surface area contributed by atoms with E-state index in [1.54, 1.807) is 29.2 Å². The van der Waals surface area contributed by atoms with Crippen molar-refractivity contribution in [3.8, 4) is 11.3 Å². The molecule has 0 atom stereocenters. The Bertz CT molecular complexity index is 1020. The molecular weight excluding hydrogens is 372 g/mol. The van der Waals surface area contributed by atoms with Gasteiger partial charge in [-0.25, -0.2) is 4.68 Å². The molecule has 4 heterocycles. The summed E-state index contributed by atoms with van der Waals surface area (Å²) in [5.41, 5.74) is 2.74. The van der Waals surface area contributed by atoms with Crippen LogP contribution in [0.4, 0.5) is 0 Å². The summed E-state index contributed by atoms with van der Waals surface area (Å²) in [7, 11) is 0. The smallest absolute Gasteiger partial charge is 0.266 e. The maximum Gasteiger partial charge on any atom is 0.266 e. The summed E-state index contributed by atoms with van der Waals surface area (Å²) in [6, 6.07) is 9.03. The predicted molar refractivity (Wildman–Crippen MR) is 109 cm³/mol. The van der Waals surface area contributed by atoms with Gasteiger partial charge in [-0.1, -0.05) is 0 Å². The number of amides is 1. The number of hydrogen-bond acceptors (Lipinski definition) is 5. The Morgan fingerprint density at radius 3 is 2.61 bits per heavy atom. The van der Waals surface area contributed by atoms with Crippen molar-refractivity contribution in [2.24, 2.45) is 5.92 Å². The standard InChI is InChI=1S/C21H22N4O2S/c1-15-12-19(28-14-15)21(27)24-10-6-16(7-11-24)13-25-20(26)3-2-18(23-25)17-4-8-22-9-5-17/h2-5,8-9,12,14,16H,6-7,10-11,13H2,1H3. The molecule has 0 N–H and O–H groups in total. The summed E-state index contributed by atoms with van der Waals surface area (Å²) < 4.78 is 1.56. The SMILES string of the molecule is Cc1csc(C(=O)N2CCC(Cn3nc(-c4ccncc4)ccc3=O)CC2)c1. The molecule has 0 aromatic carbocycles. The Hall–Kier alpha value is -2.80. The summed E-state index contributed by atoms with van der Waals surface area (Å²) in [5.74, 6) is 0.457. The minimum absolute atomic E-state index is 0.0922. The average Bonchev–Trinajstić information content (AvgIpc) is 3.17. The molecule has 0 bridgehead atoms. The van der Waals surface area contributed by atoms with Crippen LogP contribution in [0.1, 0.15) is 28.1 Å². The summed E-state index contributed by atoms with van der Waals surface area (Å²) >= 11 is 1.51. The number of aromatic nitrogens is 3. The Morgan fingerprint density at radius 2 is 1.93 bits per heavy atom. The molecule has 1 aliphatic heterocycles. The van der Waals surface area contributed by atoms with Gasteiger partial charge in [-0.2, -0.15) is 5.10 Å². The Labute approximate surface area is 167 Å². The molecule has 6 nitrogen and oxygen atoms in total. The second kappa shape index (κ2) is 8.06. The number of carbonyl (C=O) groups is 1. The number of nitrogens with zero attached hydrogens (tertiary/aromatic N) is 4. The van der Waals surface area contributed by atoms with Crippen LogP contribution in [0.2, 0.25) is 0 Å². The van der Waals surface area contributed by atoms with Crippen molar-refractivity contribution in [1.29, 1.82) is 0 Å². The second-order valence-electron chi connectivity index (χ2n) is 7.20. The molecule has 1 aliphatic rings. The number of hydrogen-bond donors (Lipinski definition) is 0. The van der Waals surface area contributed by atoms with Crippen molar-refractivity contribution in [3.05, 3.63) is 68.9 Å². The van der Waals surface area contributed by atoms with Gasteiger partial charge in [0.15, 0.2) is 0 Å². The molecule has 144 valence electrons. The fraction of sp³-hybridized carbons (Fsp3) is 0.333. The van der Waals surface area contributed by atoms with Gasteiger partial charge >= 0.3 is 0 Å². The Morgan fingerprint density at radius 1 is 1.18 bits per heavy atom. The van der Waals surface area contributed by atoms with Gasteiger partial charge in [-0.05, 0) is 60.9 Å². The monoisotopic (exact) mass is 394 g/mol. The average molecular weight is 395 g/mol. The van der Waals surface area contributed by atoms with E-state index < -0.39 is 0 Å². The van der Waals surface area contributed by atoms with Crippen LogP contribution in [0.3, 0.4) is 0 Å². The molecule has 3 aromatic heterocycles. The maximum absolute atomic E-state index is 12.6. The van der Waals surface area contributed by atoms with Gasteiger partial charge < -0.3 is 4.90 Å². The molecule has 0 aliphatic carbocycles. The molecule has 4 rings (SSSR count). The van der Waals surface area contributed by atoms with E-state index in [-0.39, 0.29) is 11.5 Å². The Kier molecular flexibility index (Phi) is 5.34. The topological polar surface area (TPSA) is 68.1 Å². The highest BCUT2D eigenvalue weighted by molar-refractivity contribution is 7.12. The number of piperidine rings is 1. The first-order valence-corrected chi connectivity index (χ1v) is 10.3. The second-order valence-corrected chi connectivity index (χ2v) is 8.11. The first-order chi connectivity index (χ1) is 13.6. The summed E-state index contributed by atoms with van der Waals surface area (Å²) in [6.45, 7) is 4.03. The van der Waals surface area contributed by atoms with Gasteiger partial charge in [-0.15, -0.1) is 11.3 Å². The van der Waals surface area contributed by atoms with Crippen molar-refractivity contribution in [2.75, 3.05) is 13.1 Å². The normalized spacial score (nSPS) is 15.0. The molecule has 1 fully saturated rings. The van der Waals surface area contributed by atoms with Crippen LogP contribution in [0.5, 0.6) is 0 Å². The number of rotatable bonds is 4. The highest BCUT2D eigenvalue weighted by Gasteiger charge is 2.25. The summed E-state index contributed by atoms with van der Waals surface area (Å²) in [4.78, 5) is 31.6. The first-order valence-electron chi connectivity index (χ1n) is 9.43. The van der Waals surface area contributed by atoms with Gasteiger partial charge in [0.1, 0.15) is 0 Å². The zero-order chi connectivity index (χ0) is 19.5. The molecule has 1 saturated heterocycles. The van der Waals surface area contributed by atoms with E-state index in [2.05, 4.69) is 10.1 Å². The summed E-state index contributed by atoms with van der Waals surface area (Å²) in [5, 5.41) is 6.55. The Balaban J connectivity index is 1.41. The first kappa shape index (κ1) is 18.6. The molecular formula is C21H22N4O2S. The van der Waals surface area contributed by atoms with Crippen molar-refractivity contribution in [3.63, 3.8) is 0 Å². The van der Waals surface area contributed by atoms with Gasteiger partial charge in [0.25, 0.3) is 11.5 Å². The molecule has 7 heteroatoms. The van der Waals surface area contributed by atoms with E-state index in [0.29, 0.717) is 12.5 Å². The van der Waals surface area contributed by atoms with Gasteiger partial charge in [-0.3, -0.25) is 14.6 Å². The molecule has 3 aromatic rings. The minimum Gasteiger partial charge on any atom is -0.338 e. The fourth-order valence-corrected chi connectivity index (χ4v) is 4.38. The third kappa shape index (κ3) is 4.04. The zero-order valence-electron chi connectivity index (χ0n) is 15.7. The van der Waals surface area contributed by atoms with E-state index in [1.165, 1.54) is 11.3 Å². The van der Waals surface area contributed by atoms with E-state index >= 15 is 0 Å². The van der Waals surface area contributed by atoms with Crippen LogP contribution in [0.15, 0.2) is 52.9 Å². The number of pyridine rings is 1. The predicted octanol–water partition coefficient (Wildman–Crippen LogP) is 3.23. The van der Waals surface area contributed by atoms with E-state index in [4.69, 9.17) is 0 Å². The minimum atomic E-state index is -0.0922. The molecule has 1 amide bonds. The van der Waals surface area contributed by atoms with Gasteiger partial charge in [0.2, 0.25) is 0 Å². The molecule has 0 unspecified atom stereocenters. The fourth-order valence-electron chi connectivity index (χ4n) is 3.52. The largest absolute Gasteiger partial charge is 0.338 e. The third-order valence-corrected chi connectivity index (χ3v) is 6.15. The van der Waals surface area contributed by atoms with Crippen molar-refractivity contribution in [2.45, 2.75) is 26.3 Å². The highest BCUT2D eigenvalue weighted by atomic mass is 32.1. The van der Waals surface area contributed by atoms with Crippen LogP contribution < -0.4 is 5.56 Å². The molecule has 0 saturated carbocycles. The molecule has 0 spiro atoms. The van der Waals surface area contributed by atoms with E-state index in [0.717, 1.165) is 47.6 Å². The lowest BCUT2D eigenvalue weighted by atomic mass is 9.96. The summed E-state index contributed by atoms with van der Waals surface area (Å²) in [6.07, 6.45) is 5.19. The lowest BCUT2D eigenvalue weighted by Crippen LogP contribution is -2.40. The zero-order valence-corrected chi connectivity index (χ0v) is 16.6. The number of thiophene rings is 1. The van der Waals surface area contributed by atoms with Crippen LogP contribution in [-0.4, -0.2) is 38.7 Å². The molecule has 28 heavy (non-hydrogen) atoms. The lowest BCUT2D eigenvalue weighted by molar-refractivity contribution is 0.0685. The van der Waals surface area contributed by atoms with Crippen LogP contribution >= 0.6 is 11.3 Å². The quantitative estimate of drug-likeness (QED) is 0.681. The number of aryl methyl sites for hydroxylation is 1. The highest BCUT2D eigenvalue weighted by Crippen LogP contribution is 2.23. The van der Waals surface area contributed by atoms with Crippen molar-refractivity contribution in [1.82, 2.24) is 19.7 Å². The lowest BCUT2D eigenvalue weighted by Gasteiger charge is -2.31. The van der Waals surface area contributed by atoms with Crippen molar-refractivity contribution >= 4 is 17.2 Å². The van der Waals surface area contributed by atoms with E-state index in [1.807, 2.05) is 35.4 Å². The maximum atomic E-state index is 12.6. The van der Waals surface area contributed by atoms with Gasteiger partial charge in [0, 0.05) is 43.7 Å².